The molecule has 0 bridgehead atoms. The number of aromatic hydroxyl groups is 1. The Morgan fingerprint density at radius 1 is 1.04 bits per heavy atom. The van der Waals surface area contributed by atoms with Crippen molar-refractivity contribution < 1.29 is 24.1 Å². The number of nitrogens with one attached hydrogen (secondary N) is 1. The Bertz CT molecular complexity index is 855. The van der Waals surface area contributed by atoms with E-state index in [1.165, 1.54) is 6.21 Å². The molecule has 0 radical (unpaired) electrons. The number of ether oxygens (including phenoxy) is 3. The first kappa shape index (κ1) is 21.8. The van der Waals surface area contributed by atoms with Crippen molar-refractivity contribution in [3.8, 4) is 23.0 Å². The molecule has 0 saturated heterocycles. The fourth-order valence-corrected chi connectivity index (χ4v) is 2.98. The van der Waals surface area contributed by atoms with Gasteiger partial charge in [-0.3, -0.25) is 4.79 Å². The summed E-state index contributed by atoms with van der Waals surface area (Å²) in [7, 11) is 0. The number of carbonyl (C=O) groups is 1. The van der Waals surface area contributed by atoms with Gasteiger partial charge in [-0.25, -0.2) is 5.43 Å². The third kappa shape index (κ3) is 5.75. The van der Waals surface area contributed by atoms with Crippen LogP contribution in [0.4, 0.5) is 0 Å². The molecule has 0 unspecified atom stereocenters. The Labute approximate surface area is 177 Å². The van der Waals surface area contributed by atoms with Crippen LogP contribution in [0.1, 0.15) is 36.7 Å². The second-order valence-electron chi connectivity index (χ2n) is 5.51. The number of hydrogen-bond donors (Lipinski definition) is 2. The van der Waals surface area contributed by atoms with Crippen LogP contribution in [0.25, 0.3) is 0 Å². The van der Waals surface area contributed by atoms with Crippen LogP contribution in [0.3, 0.4) is 0 Å². The van der Waals surface area contributed by atoms with Gasteiger partial charge in [0, 0.05) is 5.56 Å². The highest BCUT2D eigenvalue weighted by Gasteiger charge is 2.11. The van der Waals surface area contributed by atoms with Crippen LogP contribution in [0.15, 0.2) is 35.4 Å². The molecule has 0 fully saturated rings. The number of phenolic OH excluding ortho intramolecular Hbond substituents is 1. The summed E-state index contributed by atoms with van der Waals surface area (Å²) in [6.45, 7) is 6.98. The fraction of sp³-hybridized carbons (Fsp3) is 0.300. The van der Waals surface area contributed by atoms with Gasteiger partial charge in [-0.2, -0.15) is 5.10 Å². The summed E-state index contributed by atoms with van der Waals surface area (Å²) < 4.78 is 17.1. The predicted octanol–water partition coefficient (Wildman–Crippen LogP) is 3.96. The molecule has 28 heavy (non-hydrogen) atoms. The van der Waals surface area contributed by atoms with Crippen LogP contribution in [0, 0.1) is 3.57 Å². The molecule has 2 aromatic rings. The average molecular weight is 498 g/mol. The van der Waals surface area contributed by atoms with Crippen molar-refractivity contribution in [2.45, 2.75) is 20.8 Å². The summed E-state index contributed by atoms with van der Waals surface area (Å²) in [6, 6.07) is 8.35. The molecular weight excluding hydrogens is 475 g/mol. The molecule has 0 heterocycles. The minimum absolute atomic E-state index is 0.0847. The molecule has 0 atom stereocenters. The van der Waals surface area contributed by atoms with E-state index in [1.807, 2.05) is 43.4 Å². The van der Waals surface area contributed by atoms with E-state index in [2.05, 4.69) is 10.5 Å². The molecule has 0 saturated carbocycles. The summed E-state index contributed by atoms with van der Waals surface area (Å²) in [6.07, 6.45) is 1.49. The van der Waals surface area contributed by atoms with E-state index < -0.39 is 0 Å². The predicted molar refractivity (Wildman–Crippen MR) is 116 cm³/mol. The van der Waals surface area contributed by atoms with E-state index in [0.717, 1.165) is 0 Å². The van der Waals surface area contributed by atoms with Crippen molar-refractivity contribution in [2.24, 2.45) is 5.10 Å². The smallest absolute Gasteiger partial charge is 0.271 e. The molecule has 2 rings (SSSR count). The quantitative estimate of drug-likeness (QED) is 0.311. The molecule has 0 aliphatic rings. The number of nitrogens with zero attached hydrogens (tertiary/aromatic N) is 1. The van der Waals surface area contributed by atoms with E-state index in [0.29, 0.717) is 51.8 Å². The Morgan fingerprint density at radius 2 is 1.68 bits per heavy atom. The topological polar surface area (TPSA) is 89.4 Å². The fourth-order valence-electron chi connectivity index (χ4n) is 2.36. The van der Waals surface area contributed by atoms with Crippen molar-refractivity contribution in [1.29, 1.82) is 0 Å². The SMILES string of the molecule is CCOc1ccc(C(=O)N/N=C/c2cc(I)c(O)c(OCC)c2)cc1OCC. The number of hydrogen-bond acceptors (Lipinski definition) is 6. The Balaban J connectivity index is 2.12. The lowest BCUT2D eigenvalue weighted by molar-refractivity contribution is 0.0954. The van der Waals surface area contributed by atoms with E-state index >= 15 is 0 Å². The molecule has 0 spiro atoms. The summed E-state index contributed by atoms with van der Waals surface area (Å²) in [5.41, 5.74) is 3.57. The summed E-state index contributed by atoms with van der Waals surface area (Å²) in [4.78, 5) is 12.4. The van der Waals surface area contributed by atoms with Crippen molar-refractivity contribution in [3.63, 3.8) is 0 Å². The zero-order valence-electron chi connectivity index (χ0n) is 16.0. The first-order valence-corrected chi connectivity index (χ1v) is 9.96. The summed E-state index contributed by atoms with van der Waals surface area (Å²) >= 11 is 2.01. The Kier molecular flexibility index (Phi) is 8.37. The van der Waals surface area contributed by atoms with Gasteiger partial charge in [0.25, 0.3) is 5.91 Å². The van der Waals surface area contributed by atoms with Gasteiger partial charge in [0.05, 0.1) is 29.6 Å². The van der Waals surface area contributed by atoms with Crippen LogP contribution in [0.5, 0.6) is 23.0 Å². The molecule has 2 N–H and O–H groups in total. The van der Waals surface area contributed by atoms with Gasteiger partial charge in [-0.15, -0.1) is 0 Å². The first-order valence-electron chi connectivity index (χ1n) is 8.88. The Hall–Kier alpha value is -2.49. The third-order valence-corrected chi connectivity index (χ3v) is 4.36. The monoisotopic (exact) mass is 498 g/mol. The van der Waals surface area contributed by atoms with Crippen LogP contribution in [-0.2, 0) is 0 Å². The van der Waals surface area contributed by atoms with Crippen LogP contribution in [-0.4, -0.2) is 37.0 Å². The lowest BCUT2D eigenvalue weighted by atomic mass is 10.2. The highest BCUT2D eigenvalue weighted by atomic mass is 127. The number of halogens is 1. The molecule has 0 aromatic heterocycles. The molecule has 7 nitrogen and oxygen atoms in total. The minimum Gasteiger partial charge on any atom is -0.504 e. The number of phenols is 1. The number of hydrazone groups is 1. The number of carbonyl (C=O) groups excluding carboxylic acids is 1. The van der Waals surface area contributed by atoms with Crippen molar-refractivity contribution in [2.75, 3.05) is 19.8 Å². The van der Waals surface area contributed by atoms with Gasteiger partial charge in [-0.05, 0) is 79.3 Å². The second kappa shape index (κ2) is 10.7. The van der Waals surface area contributed by atoms with E-state index in [9.17, 15) is 9.90 Å². The van der Waals surface area contributed by atoms with Gasteiger partial charge >= 0.3 is 0 Å². The van der Waals surface area contributed by atoms with Gasteiger partial charge in [0.2, 0.25) is 0 Å². The van der Waals surface area contributed by atoms with Crippen LogP contribution < -0.4 is 19.6 Å². The zero-order valence-corrected chi connectivity index (χ0v) is 18.1. The Morgan fingerprint density at radius 3 is 2.36 bits per heavy atom. The number of benzene rings is 2. The van der Waals surface area contributed by atoms with Crippen LogP contribution in [0.2, 0.25) is 0 Å². The van der Waals surface area contributed by atoms with Crippen LogP contribution >= 0.6 is 22.6 Å². The first-order chi connectivity index (χ1) is 13.5. The number of rotatable bonds is 9. The maximum Gasteiger partial charge on any atom is 0.271 e. The normalized spacial score (nSPS) is 10.7. The second-order valence-corrected chi connectivity index (χ2v) is 6.67. The third-order valence-electron chi connectivity index (χ3n) is 3.54. The van der Waals surface area contributed by atoms with Crippen molar-refractivity contribution >= 4 is 34.7 Å². The van der Waals surface area contributed by atoms with Gasteiger partial charge in [0.1, 0.15) is 0 Å². The lowest BCUT2D eigenvalue weighted by Crippen LogP contribution is -2.17. The van der Waals surface area contributed by atoms with Gasteiger partial charge < -0.3 is 19.3 Å². The van der Waals surface area contributed by atoms with Gasteiger partial charge in [0.15, 0.2) is 23.0 Å². The summed E-state index contributed by atoms with van der Waals surface area (Å²) in [5.74, 6) is 1.18. The van der Waals surface area contributed by atoms with Crippen molar-refractivity contribution in [3.05, 3.63) is 45.0 Å². The molecule has 8 heteroatoms. The van der Waals surface area contributed by atoms with E-state index in [-0.39, 0.29) is 11.7 Å². The maximum atomic E-state index is 12.4. The molecule has 0 aliphatic heterocycles. The minimum atomic E-state index is -0.376. The lowest BCUT2D eigenvalue weighted by Gasteiger charge is -2.11. The molecule has 150 valence electrons. The largest absolute Gasteiger partial charge is 0.504 e. The van der Waals surface area contributed by atoms with E-state index in [4.69, 9.17) is 14.2 Å². The van der Waals surface area contributed by atoms with E-state index in [1.54, 1.807) is 30.3 Å². The summed E-state index contributed by atoms with van der Waals surface area (Å²) in [5, 5.41) is 14.0. The molecule has 0 aliphatic carbocycles. The van der Waals surface area contributed by atoms with Gasteiger partial charge in [-0.1, -0.05) is 0 Å². The number of amides is 1. The molecular formula is C20H23IN2O5. The van der Waals surface area contributed by atoms with Crippen molar-refractivity contribution in [1.82, 2.24) is 5.43 Å². The molecule has 1 amide bonds. The highest BCUT2D eigenvalue weighted by molar-refractivity contribution is 14.1. The average Bonchev–Trinajstić information content (AvgIpc) is 2.67. The molecule has 2 aromatic carbocycles. The highest BCUT2D eigenvalue weighted by Crippen LogP contribution is 2.32. The zero-order chi connectivity index (χ0) is 20.5. The standard InChI is InChI=1S/C20H23IN2O5/c1-4-26-16-8-7-14(11-17(16)27-5-2)20(25)23-22-12-13-9-15(21)19(24)18(10-13)28-6-3/h7-12,24H,4-6H2,1-3H3,(H,23,25)/b22-12+. The maximum absolute atomic E-state index is 12.4.